The zero-order valence-electron chi connectivity index (χ0n) is 18.4. The molecule has 166 valence electrons. The quantitative estimate of drug-likeness (QED) is 0.470. The molecule has 0 amide bonds. The maximum Gasteiger partial charge on any atom is 0.255 e. The van der Waals surface area contributed by atoms with Gasteiger partial charge in [-0.2, -0.15) is 0 Å². The largest absolute Gasteiger partial charge is 0.494 e. The maximum atomic E-state index is 13.0. The van der Waals surface area contributed by atoms with Crippen LogP contribution in [0.3, 0.4) is 0 Å². The lowest BCUT2D eigenvalue weighted by atomic mass is 10.0. The van der Waals surface area contributed by atoms with Crippen LogP contribution < -0.4 is 16.0 Å². The molecule has 0 aliphatic rings. The van der Waals surface area contributed by atoms with E-state index in [1.54, 1.807) is 63.2 Å². The number of nitrogens with zero attached hydrogens (tertiary/aromatic N) is 6. The van der Waals surface area contributed by atoms with Crippen molar-refractivity contribution in [2.24, 2.45) is 0 Å². The highest BCUT2D eigenvalue weighted by Crippen LogP contribution is 2.30. The Morgan fingerprint density at radius 3 is 2.72 bits per heavy atom. The first kappa shape index (κ1) is 21.4. The molecule has 0 saturated heterocycles. The van der Waals surface area contributed by atoms with E-state index in [9.17, 15) is 9.90 Å². The third-order valence-corrected chi connectivity index (χ3v) is 5.53. The molecule has 0 bridgehead atoms. The van der Waals surface area contributed by atoms with E-state index in [2.05, 4.69) is 20.3 Å². The van der Waals surface area contributed by atoms with Gasteiger partial charge in [-0.05, 0) is 32.9 Å². The zero-order chi connectivity index (χ0) is 23.0. The standard InChI is InChI=1S/C22H25N7O3/c1-13(22(2,3)31)29-10-6-7-14(20(29)30)11-28-12-16(26-27-28)18-15-8-5-9-17(32-4)19(15)25-21(23)24-18/h5-10,12-13,31H,11H2,1-4H3,(H2,23,24,25)/t13-/m0/s1. The van der Waals surface area contributed by atoms with Crippen molar-refractivity contribution in [2.75, 3.05) is 12.8 Å². The second-order valence-corrected chi connectivity index (χ2v) is 8.16. The number of para-hydroxylation sites is 1. The Balaban J connectivity index is 1.71. The van der Waals surface area contributed by atoms with Crippen molar-refractivity contribution in [1.29, 1.82) is 0 Å². The number of nitrogen functional groups attached to an aromatic ring is 1. The molecule has 0 aliphatic heterocycles. The van der Waals surface area contributed by atoms with Gasteiger partial charge in [-0.3, -0.25) is 4.79 Å². The van der Waals surface area contributed by atoms with Crippen molar-refractivity contribution in [3.05, 3.63) is 58.6 Å². The smallest absolute Gasteiger partial charge is 0.255 e. The number of hydrogen-bond donors (Lipinski definition) is 2. The lowest BCUT2D eigenvalue weighted by molar-refractivity contribution is 0.0291. The molecular weight excluding hydrogens is 410 g/mol. The monoisotopic (exact) mass is 435 g/mol. The number of aliphatic hydroxyl groups is 1. The summed E-state index contributed by atoms with van der Waals surface area (Å²) in [6, 6.07) is 8.61. The minimum Gasteiger partial charge on any atom is -0.494 e. The molecular formula is C22H25N7O3. The van der Waals surface area contributed by atoms with Crippen LogP contribution in [0.1, 0.15) is 32.4 Å². The number of methoxy groups -OCH3 is 1. The average Bonchev–Trinajstić information content (AvgIpc) is 3.21. The first-order valence-electron chi connectivity index (χ1n) is 10.1. The lowest BCUT2D eigenvalue weighted by Gasteiger charge is -2.28. The number of aromatic nitrogens is 6. The van der Waals surface area contributed by atoms with Crippen molar-refractivity contribution in [1.82, 2.24) is 29.5 Å². The second-order valence-electron chi connectivity index (χ2n) is 8.16. The summed E-state index contributed by atoms with van der Waals surface area (Å²) in [6.07, 6.45) is 3.38. The van der Waals surface area contributed by atoms with Gasteiger partial charge in [0.1, 0.15) is 22.7 Å². The van der Waals surface area contributed by atoms with Gasteiger partial charge in [-0.25, -0.2) is 14.6 Å². The van der Waals surface area contributed by atoms with E-state index in [1.807, 2.05) is 12.1 Å². The van der Waals surface area contributed by atoms with Gasteiger partial charge in [0.2, 0.25) is 5.95 Å². The molecule has 0 radical (unpaired) electrons. The summed E-state index contributed by atoms with van der Waals surface area (Å²) < 4.78 is 8.47. The topological polar surface area (TPSA) is 134 Å². The fourth-order valence-electron chi connectivity index (χ4n) is 3.48. The predicted molar refractivity (Wildman–Crippen MR) is 120 cm³/mol. The Hall–Kier alpha value is -3.79. The van der Waals surface area contributed by atoms with E-state index in [-0.39, 0.29) is 18.1 Å². The van der Waals surface area contributed by atoms with Crippen LogP contribution in [-0.4, -0.2) is 47.3 Å². The van der Waals surface area contributed by atoms with E-state index in [0.717, 1.165) is 5.39 Å². The van der Waals surface area contributed by atoms with Crippen LogP contribution in [-0.2, 0) is 6.54 Å². The number of anilines is 1. The fourth-order valence-corrected chi connectivity index (χ4v) is 3.48. The molecule has 0 saturated carbocycles. The first-order valence-corrected chi connectivity index (χ1v) is 10.1. The number of ether oxygens (including phenoxy) is 1. The summed E-state index contributed by atoms with van der Waals surface area (Å²) in [6.45, 7) is 5.37. The van der Waals surface area contributed by atoms with Crippen molar-refractivity contribution >= 4 is 16.9 Å². The molecule has 0 unspecified atom stereocenters. The molecule has 0 fully saturated rings. The molecule has 3 heterocycles. The summed E-state index contributed by atoms with van der Waals surface area (Å²) in [4.78, 5) is 21.6. The van der Waals surface area contributed by atoms with Crippen LogP contribution in [0.25, 0.3) is 22.3 Å². The normalized spacial score (nSPS) is 12.8. The summed E-state index contributed by atoms with van der Waals surface area (Å²) in [5.41, 5.74) is 6.81. The Morgan fingerprint density at radius 2 is 2.00 bits per heavy atom. The van der Waals surface area contributed by atoms with Crippen LogP contribution in [0.4, 0.5) is 5.95 Å². The predicted octanol–water partition coefficient (Wildman–Crippen LogP) is 2.02. The van der Waals surface area contributed by atoms with E-state index < -0.39 is 11.6 Å². The molecule has 10 nitrogen and oxygen atoms in total. The SMILES string of the molecule is COc1cccc2c(-c3cn(Cc4cccn([C@@H](C)C(C)(C)O)c4=O)nn3)nc(N)nc12. The number of pyridine rings is 1. The minimum absolute atomic E-state index is 0.0955. The van der Waals surface area contributed by atoms with Gasteiger partial charge in [0.15, 0.2) is 0 Å². The van der Waals surface area contributed by atoms with Gasteiger partial charge in [0, 0.05) is 17.1 Å². The molecule has 0 spiro atoms. The average molecular weight is 435 g/mol. The highest BCUT2D eigenvalue weighted by Gasteiger charge is 2.25. The van der Waals surface area contributed by atoms with Crippen LogP contribution >= 0.6 is 0 Å². The van der Waals surface area contributed by atoms with Crippen LogP contribution in [0.5, 0.6) is 5.75 Å². The van der Waals surface area contributed by atoms with E-state index >= 15 is 0 Å². The maximum absolute atomic E-state index is 13.0. The highest BCUT2D eigenvalue weighted by atomic mass is 16.5. The summed E-state index contributed by atoms with van der Waals surface area (Å²) in [5.74, 6) is 0.675. The van der Waals surface area contributed by atoms with E-state index in [0.29, 0.717) is 28.2 Å². The van der Waals surface area contributed by atoms with Gasteiger partial charge >= 0.3 is 0 Å². The number of rotatable bonds is 6. The Labute approximate surface area is 184 Å². The van der Waals surface area contributed by atoms with Gasteiger partial charge in [-0.15, -0.1) is 5.10 Å². The molecule has 10 heteroatoms. The van der Waals surface area contributed by atoms with Crippen molar-refractivity contribution < 1.29 is 9.84 Å². The minimum atomic E-state index is -1.04. The molecule has 1 aromatic carbocycles. The first-order chi connectivity index (χ1) is 15.2. The zero-order valence-corrected chi connectivity index (χ0v) is 18.4. The number of benzene rings is 1. The number of nitrogens with two attached hydrogens (primary N) is 1. The second kappa shape index (κ2) is 8.04. The van der Waals surface area contributed by atoms with Crippen molar-refractivity contribution in [3.8, 4) is 17.1 Å². The summed E-state index contributed by atoms with van der Waals surface area (Å²) >= 11 is 0. The Morgan fingerprint density at radius 1 is 1.22 bits per heavy atom. The molecule has 1 atom stereocenters. The Bertz CT molecular complexity index is 1340. The molecule has 32 heavy (non-hydrogen) atoms. The fraction of sp³-hybridized carbons (Fsp3) is 0.318. The molecule has 0 aliphatic carbocycles. The van der Waals surface area contributed by atoms with Crippen molar-refractivity contribution in [2.45, 2.75) is 39.0 Å². The third kappa shape index (κ3) is 3.92. The van der Waals surface area contributed by atoms with Gasteiger partial charge in [0.25, 0.3) is 5.56 Å². The number of fused-ring (bicyclic) bond motifs is 1. The third-order valence-electron chi connectivity index (χ3n) is 5.53. The molecule has 4 aromatic rings. The summed E-state index contributed by atoms with van der Waals surface area (Å²) in [5, 5.41) is 19.4. The summed E-state index contributed by atoms with van der Waals surface area (Å²) in [7, 11) is 1.56. The van der Waals surface area contributed by atoms with E-state index in [4.69, 9.17) is 10.5 Å². The van der Waals surface area contributed by atoms with Gasteiger partial charge in [0.05, 0.1) is 31.5 Å². The van der Waals surface area contributed by atoms with Crippen LogP contribution in [0.2, 0.25) is 0 Å². The highest BCUT2D eigenvalue weighted by molar-refractivity contribution is 5.95. The molecule has 3 aromatic heterocycles. The number of hydrogen-bond acceptors (Lipinski definition) is 8. The Kier molecular flexibility index (Phi) is 5.39. The molecule has 3 N–H and O–H groups in total. The van der Waals surface area contributed by atoms with Gasteiger partial charge in [-0.1, -0.05) is 23.4 Å². The van der Waals surface area contributed by atoms with Crippen LogP contribution in [0.15, 0.2) is 47.5 Å². The van der Waals surface area contributed by atoms with Crippen molar-refractivity contribution in [3.63, 3.8) is 0 Å². The van der Waals surface area contributed by atoms with E-state index in [1.165, 1.54) is 4.57 Å². The molecule has 4 rings (SSSR count). The lowest BCUT2D eigenvalue weighted by Crippen LogP contribution is -2.37. The van der Waals surface area contributed by atoms with Crippen LogP contribution in [0, 0.1) is 0 Å². The van der Waals surface area contributed by atoms with Gasteiger partial charge < -0.3 is 20.1 Å².